The second-order valence-electron chi connectivity index (χ2n) is 7.74. The van der Waals surface area contributed by atoms with Crippen LogP contribution in [0.1, 0.15) is 24.8 Å². The Morgan fingerprint density at radius 2 is 2.15 bits per heavy atom. The quantitative estimate of drug-likeness (QED) is 0.760. The molecule has 0 radical (unpaired) electrons. The molecule has 4 aliphatic rings. The van der Waals surface area contributed by atoms with Crippen LogP contribution in [0.3, 0.4) is 0 Å². The van der Waals surface area contributed by atoms with Gasteiger partial charge in [-0.05, 0) is 30.5 Å². The molecular formula is C19H24FN5OS. The van der Waals surface area contributed by atoms with E-state index >= 15 is 0 Å². The minimum Gasteiger partial charge on any atom is -0.363 e. The molecule has 0 spiro atoms. The Bertz CT molecular complexity index is 771. The zero-order valence-electron chi connectivity index (χ0n) is 15.2. The molecule has 1 aromatic heterocycles. The maximum Gasteiger partial charge on any atom is 0.227 e. The number of hydrogen-bond donors (Lipinski definition) is 2. The van der Waals surface area contributed by atoms with Crippen molar-refractivity contribution in [1.29, 1.82) is 0 Å². The molecule has 4 aliphatic heterocycles. The van der Waals surface area contributed by atoms with Crippen LogP contribution >= 0.6 is 11.8 Å². The first kappa shape index (κ1) is 17.5. The van der Waals surface area contributed by atoms with Crippen molar-refractivity contribution < 1.29 is 9.18 Å². The van der Waals surface area contributed by atoms with E-state index in [2.05, 4.69) is 20.5 Å². The van der Waals surface area contributed by atoms with Crippen LogP contribution in [0, 0.1) is 5.95 Å². The number of nitrogens with zero attached hydrogens (tertiary/aromatic N) is 3. The molecule has 1 aromatic rings. The first-order valence-corrected chi connectivity index (χ1v) is 10.6. The number of carbonyl (C=O) groups is 1. The number of fused-ring (bicyclic) bond motifs is 2. The summed E-state index contributed by atoms with van der Waals surface area (Å²) >= 11 is 1.88. The average Bonchev–Trinajstić information content (AvgIpc) is 3.18. The Hall–Kier alpha value is -1.64. The molecule has 2 fully saturated rings. The highest BCUT2D eigenvalue weighted by molar-refractivity contribution is 8.03. The summed E-state index contributed by atoms with van der Waals surface area (Å²) in [4.78, 5) is 22.1. The molecule has 3 atom stereocenters. The van der Waals surface area contributed by atoms with Crippen molar-refractivity contribution in [2.45, 2.75) is 43.3 Å². The van der Waals surface area contributed by atoms with Gasteiger partial charge in [0.05, 0.1) is 13.0 Å². The number of thioether (sulfide) groups is 1. The van der Waals surface area contributed by atoms with E-state index in [0.29, 0.717) is 29.7 Å². The molecule has 2 bridgehead atoms. The van der Waals surface area contributed by atoms with Crippen molar-refractivity contribution in [1.82, 2.24) is 25.4 Å². The molecule has 144 valence electrons. The first-order chi connectivity index (χ1) is 13.2. The van der Waals surface area contributed by atoms with E-state index in [-0.39, 0.29) is 12.3 Å². The summed E-state index contributed by atoms with van der Waals surface area (Å²) in [6, 6.07) is 4.29. The lowest BCUT2D eigenvalue weighted by Crippen LogP contribution is -2.57. The van der Waals surface area contributed by atoms with Crippen LogP contribution in [0.2, 0.25) is 0 Å². The number of rotatable bonds is 3. The predicted molar refractivity (Wildman–Crippen MR) is 102 cm³/mol. The van der Waals surface area contributed by atoms with Crippen LogP contribution in [0.25, 0.3) is 0 Å². The van der Waals surface area contributed by atoms with Crippen LogP contribution in [0.15, 0.2) is 28.9 Å². The van der Waals surface area contributed by atoms with Crippen LogP contribution in [0.5, 0.6) is 0 Å². The first-order valence-electron chi connectivity index (χ1n) is 9.69. The molecule has 2 N–H and O–H groups in total. The lowest BCUT2D eigenvalue weighted by Gasteiger charge is -2.39. The Kier molecular flexibility index (Phi) is 4.57. The third-order valence-electron chi connectivity index (χ3n) is 6.06. The van der Waals surface area contributed by atoms with Crippen molar-refractivity contribution in [2.75, 3.05) is 26.2 Å². The van der Waals surface area contributed by atoms with Crippen molar-refractivity contribution in [3.63, 3.8) is 0 Å². The van der Waals surface area contributed by atoms with Gasteiger partial charge in [0.1, 0.15) is 5.50 Å². The third-order valence-corrected chi connectivity index (χ3v) is 7.31. The van der Waals surface area contributed by atoms with E-state index in [0.717, 1.165) is 26.1 Å². The second kappa shape index (κ2) is 7.07. The zero-order chi connectivity index (χ0) is 18.4. The number of amides is 1. The molecule has 5 heterocycles. The minimum absolute atomic E-state index is 0.0541. The fraction of sp³-hybridized carbons (Fsp3) is 0.579. The van der Waals surface area contributed by atoms with Crippen molar-refractivity contribution >= 4 is 17.7 Å². The summed E-state index contributed by atoms with van der Waals surface area (Å²) in [7, 11) is 0. The van der Waals surface area contributed by atoms with E-state index in [1.165, 1.54) is 35.7 Å². The van der Waals surface area contributed by atoms with Gasteiger partial charge >= 0.3 is 0 Å². The van der Waals surface area contributed by atoms with Crippen LogP contribution in [-0.4, -0.2) is 64.5 Å². The molecule has 8 heteroatoms. The lowest BCUT2D eigenvalue weighted by molar-refractivity contribution is -0.130. The van der Waals surface area contributed by atoms with Gasteiger partial charge < -0.3 is 15.5 Å². The number of aromatic nitrogens is 1. The second-order valence-corrected chi connectivity index (χ2v) is 8.91. The average molecular weight is 390 g/mol. The Labute approximate surface area is 162 Å². The topological polar surface area (TPSA) is 60.5 Å². The fourth-order valence-electron chi connectivity index (χ4n) is 4.69. The number of pyridine rings is 1. The van der Waals surface area contributed by atoms with Gasteiger partial charge in [0, 0.05) is 54.9 Å². The van der Waals surface area contributed by atoms with Gasteiger partial charge in [-0.15, -0.1) is 0 Å². The molecule has 3 unspecified atom stereocenters. The number of nitrogens with one attached hydrogen (secondary N) is 2. The summed E-state index contributed by atoms with van der Waals surface area (Å²) in [5.74, 6) is -0.480. The number of carbonyl (C=O) groups excluding carboxylic acids is 1. The molecule has 1 amide bonds. The number of piperazine rings is 1. The SMILES string of the molecule is O=C(Cc1ccnc(F)c1)N1CCC2=C(C1)SC(N1C3CCC1CNC3)N2. The molecule has 2 saturated heterocycles. The van der Waals surface area contributed by atoms with Gasteiger partial charge in [0.2, 0.25) is 11.9 Å². The summed E-state index contributed by atoms with van der Waals surface area (Å²) < 4.78 is 13.3. The smallest absolute Gasteiger partial charge is 0.227 e. The minimum atomic E-state index is -0.534. The van der Waals surface area contributed by atoms with E-state index < -0.39 is 5.95 Å². The molecule has 0 aliphatic carbocycles. The summed E-state index contributed by atoms with van der Waals surface area (Å²) in [6.45, 7) is 3.54. The lowest BCUT2D eigenvalue weighted by atomic mass is 10.1. The van der Waals surface area contributed by atoms with Crippen molar-refractivity contribution in [3.05, 3.63) is 40.4 Å². The van der Waals surface area contributed by atoms with Gasteiger partial charge in [0.25, 0.3) is 0 Å². The van der Waals surface area contributed by atoms with Crippen LogP contribution < -0.4 is 10.6 Å². The highest BCUT2D eigenvalue weighted by Crippen LogP contribution is 2.41. The molecule has 0 aromatic carbocycles. The highest BCUT2D eigenvalue weighted by Gasteiger charge is 2.44. The Morgan fingerprint density at radius 3 is 2.93 bits per heavy atom. The predicted octanol–water partition coefficient (Wildman–Crippen LogP) is 1.26. The summed E-state index contributed by atoms with van der Waals surface area (Å²) in [6.07, 6.45) is 5.06. The van der Waals surface area contributed by atoms with Crippen LogP contribution in [-0.2, 0) is 11.2 Å². The van der Waals surface area contributed by atoms with Gasteiger partial charge in [-0.25, -0.2) is 4.98 Å². The zero-order valence-corrected chi connectivity index (χ0v) is 16.0. The standard InChI is InChI=1S/C19H24FN5OS/c20-17-7-12(3-5-22-17)8-18(26)24-6-4-15-16(11-24)27-19(23-15)25-13-1-2-14(25)10-21-9-13/h3,5,7,13-14,19,21,23H,1-2,4,6,8-11H2. The summed E-state index contributed by atoms with van der Waals surface area (Å²) in [5.41, 5.74) is 2.29. The maximum atomic E-state index is 13.3. The number of hydrogen-bond acceptors (Lipinski definition) is 6. The van der Waals surface area contributed by atoms with Gasteiger partial charge in [-0.1, -0.05) is 11.8 Å². The number of halogens is 1. The van der Waals surface area contributed by atoms with Crippen molar-refractivity contribution in [2.24, 2.45) is 0 Å². The van der Waals surface area contributed by atoms with Crippen molar-refractivity contribution in [3.8, 4) is 0 Å². The largest absolute Gasteiger partial charge is 0.363 e. The molecular weight excluding hydrogens is 365 g/mol. The van der Waals surface area contributed by atoms with Gasteiger partial charge in [-0.3, -0.25) is 9.69 Å². The normalized spacial score (nSPS) is 30.4. The van der Waals surface area contributed by atoms with E-state index in [1.807, 2.05) is 16.7 Å². The van der Waals surface area contributed by atoms with Gasteiger partial charge in [0.15, 0.2) is 0 Å². The third kappa shape index (κ3) is 3.34. The molecule has 6 nitrogen and oxygen atoms in total. The molecule has 0 saturated carbocycles. The fourth-order valence-corrected chi connectivity index (χ4v) is 6.16. The van der Waals surface area contributed by atoms with Gasteiger partial charge in [-0.2, -0.15) is 4.39 Å². The Morgan fingerprint density at radius 1 is 1.33 bits per heavy atom. The molecule has 5 rings (SSSR count). The van der Waals surface area contributed by atoms with E-state index in [4.69, 9.17) is 0 Å². The van der Waals surface area contributed by atoms with E-state index in [1.54, 1.807) is 6.07 Å². The van der Waals surface area contributed by atoms with Crippen LogP contribution in [0.4, 0.5) is 4.39 Å². The Balaban J connectivity index is 1.22. The summed E-state index contributed by atoms with van der Waals surface area (Å²) in [5, 5.41) is 7.26. The van der Waals surface area contributed by atoms with E-state index in [9.17, 15) is 9.18 Å². The maximum absolute atomic E-state index is 13.3. The monoisotopic (exact) mass is 389 g/mol. The highest BCUT2D eigenvalue weighted by atomic mass is 32.2. The molecule has 27 heavy (non-hydrogen) atoms.